The molecule has 9 heteroatoms. The molecule has 1 fully saturated rings. The number of aromatic nitrogens is 4. The van der Waals surface area contributed by atoms with Crippen LogP contribution in [0.15, 0.2) is 54.9 Å². The zero-order valence-corrected chi connectivity index (χ0v) is 14.9. The predicted octanol–water partition coefficient (Wildman–Crippen LogP) is 1.50. The Hall–Kier alpha value is -4.06. The fraction of sp³-hybridized carbons (Fsp3) is 0.158. The van der Waals surface area contributed by atoms with Gasteiger partial charge in [-0.3, -0.25) is 9.69 Å². The second-order valence-corrected chi connectivity index (χ2v) is 6.56. The summed E-state index contributed by atoms with van der Waals surface area (Å²) in [6, 6.07) is 15.5. The Balaban J connectivity index is 1.62. The number of nitrogens with zero attached hydrogens (tertiary/aromatic N) is 6. The second kappa shape index (κ2) is 6.59. The van der Waals surface area contributed by atoms with Gasteiger partial charge < -0.3 is 5.32 Å². The highest BCUT2D eigenvalue weighted by Gasteiger charge is 2.49. The number of urea groups is 1. The molecule has 4 rings (SSSR count). The van der Waals surface area contributed by atoms with Gasteiger partial charge in [-0.1, -0.05) is 24.3 Å². The molecule has 28 heavy (non-hydrogen) atoms. The number of hydrogen-bond donors (Lipinski definition) is 1. The van der Waals surface area contributed by atoms with E-state index >= 15 is 0 Å². The normalized spacial score (nSPS) is 18.8. The average molecular weight is 373 g/mol. The first-order chi connectivity index (χ1) is 13.5. The highest BCUT2D eigenvalue weighted by molar-refractivity contribution is 6.07. The lowest BCUT2D eigenvalue weighted by Gasteiger charge is -2.23. The maximum atomic E-state index is 13.1. The van der Waals surface area contributed by atoms with Crippen molar-refractivity contribution in [3.8, 4) is 11.8 Å². The zero-order valence-electron chi connectivity index (χ0n) is 14.9. The summed E-state index contributed by atoms with van der Waals surface area (Å²) < 4.78 is 1.47. The number of carbonyl (C=O) groups is 2. The number of imide groups is 1. The number of nitrogens with one attached hydrogen (secondary N) is 1. The van der Waals surface area contributed by atoms with Crippen LogP contribution >= 0.6 is 0 Å². The lowest BCUT2D eigenvalue weighted by atomic mass is 9.91. The van der Waals surface area contributed by atoms with E-state index in [0.717, 1.165) is 5.56 Å². The van der Waals surface area contributed by atoms with Crippen molar-refractivity contribution in [1.82, 2.24) is 30.4 Å². The van der Waals surface area contributed by atoms with E-state index in [2.05, 4.69) is 20.8 Å². The Morgan fingerprint density at radius 2 is 1.96 bits per heavy atom. The van der Waals surface area contributed by atoms with Crippen LogP contribution in [0.4, 0.5) is 4.79 Å². The minimum atomic E-state index is -1.20. The van der Waals surface area contributed by atoms with Gasteiger partial charge in [-0.2, -0.15) is 5.26 Å². The summed E-state index contributed by atoms with van der Waals surface area (Å²) in [6.07, 6.45) is 1.45. The summed E-state index contributed by atoms with van der Waals surface area (Å²) in [5.74, 6) is -0.351. The number of nitriles is 1. The molecule has 0 radical (unpaired) electrons. The Labute approximate surface area is 160 Å². The molecule has 0 spiro atoms. The van der Waals surface area contributed by atoms with Crippen molar-refractivity contribution in [3.63, 3.8) is 0 Å². The molecular formula is C19H15N7O2. The van der Waals surface area contributed by atoms with Gasteiger partial charge in [-0.15, -0.1) is 5.10 Å². The monoisotopic (exact) mass is 373 g/mol. The first-order valence-corrected chi connectivity index (χ1v) is 8.48. The van der Waals surface area contributed by atoms with Crippen LogP contribution in [0.25, 0.3) is 5.69 Å². The lowest BCUT2D eigenvalue weighted by molar-refractivity contribution is -0.131. The van der Waals surface area contributed by atoms with E-state index in [9.17, 15) is 9.59 Å². The Morgan fingerprint density at radius 3 is 2.64 bits per heavy atom. The van der Waals surface area contributed by atoms with Gasteiger partial charge >= 0.3 is 6.03 Å². The highest BCUT2D eigenvalue weighted by atomic mass is 16.2. The summed E-state index contributed by atoms with van der Waals surface area (Å²) in [5.41, 5.74) is 1.38. The van der Waals surface area contributed by atoms with Crippen molar-refractivity contribution in [2.24, 2.45) is 0 Å². The van der Waals surface area contributed by atoms with Crippen LogP contribution in [0, 0.1) is 11.3 Å². The van der Waals surface area contributed by atoms with Crippen molar-refractivity contribution in [2.45, 2.75) is 19.0 Å². The fourth-order valence-corrected chi connectivity index (χ4v) is 3.14. The maximum Gasteiger partial charge on any atom is 0.325 e. The minimum Gasteiger partial charge on any atom is -0.319 e. The largest absolute Gasteiger partial charge is 0.325 e. The summed E-state index contributed by atoms with van der Waals surface area (Å²) in [4.78, 5) is 26.8. The molecule has 3 aromatic rings. The number of amides is 3. The Bertz CT molecular complexity index is 1090. The van der Waals surface area contributed by atoms with Crippen molar-refractivity contribution >= 4 is 11.9 Å². The van der Waals surface area contributed by atoms with Crippen LogP contribution in [0.2, 0.25) is 0 Å². The van der Waals surface area contributed by atoms with Crippen LogP contribution in [-0.4, -0.2) is 37.0 Å². The molecule has 9 nitrogen and oxygen atoms in total. The zero-order chi connectivity index (χ0) is 19.7. The van der Waals surface area contributed by atoms with Gasteiger partial charge in [0.2, 0.25) is 0 Å². The molecule has 1 atom stereocenters. The molecule has 0 aliphatic carbocycles. The molecule has 1 unspecified atom stereocenters. The first-order valence-electron chi connectivity index (χ1n) is 8.48. The molecule has 2 heterocycles. The summed E-state index contributed by atoms with van der Waals surface area (Å²) in [6.45, 7) is 1.80. The van der Waals surface area contributed by atoms with Gasteiger partial charge in [0.05, 0.1) is 23.9 Å². The van der Waals surface area contributed by atoms with Crippen LogP contribution in [0.5, 0.6) is 0 Å². The number of rotatable bonds is 4. The van der Waals surface area contributed by atoms with Crippen molar-refractivity contribution in [1.29, 1.82) is 5.26 Å². The molecule has 1 saturated heterocycles. The molecule has 0 saturated carbocycles. The minimum absolute atomic E-state index is 0.124. The molecule has 2 aromatic carbocycles. The third-order valence-corrected chi connectivity index (χ3v) is 4.74. The van der Waals surface area contributed by atoms with E-state index < -0.39 is 11.6 Å². The summed E-state index contributed by atoms with van der Waals surface area (Å²) in [7, 11) is 0. The van der Waals surface area contributed by atoms with Crippen LogP contribution in [0.1, 0.15) is 23.6 Å². The molecular weight excluding hydrogens is 358 g/mol. The lowest BCUT2D eigenvalue weighted by Crippen LogP contribution is -2.40. The molecule has 3 amide bonds. The van der Waals surface area contributed by atoms with E-state index in [1.165, 1.54) is 15.9 Å². The van der Waals surface area contributed by atoms with Gasteiger partial charge in [0.1, 0.15) is 11.9 Å². The van der Waals surface area contributed by atoms with Gasteiger partial charge in [0, 0.05) is 0 Å². The van der Waals surface area contributed by atoms with Crippen molar-refractivity contribution < 1.29 is 9.59 Å². The van der Waals surface area contributed by atoms with Gasteiger partial charge in [-0.05, 0) is 52.7 Å². The van der Waals surface area contributed by atoms with Crippen molar-refractivity contribution in [2.75, 3.05) is 0 Å². The highest BCUT2D eigenvalue weighted by Crippen LogP contribution is 2.30. The standard InChI is InChI=1S/C19H15N7O2/c1-19(15-3-2-4-16(9-15)26-12-21-23-24-26)17(27)25(18(28)22-19)11-14-7-5-13(10-20)6-8-14/h2-9,12H,11H2,1H3,(H,22,28). The SMILES string of the molecule is CC1(c2cccc(-n3cnnn3)c2)NC(=O)N(Cc2ccc(C#N)cc2)C1=O. The molecule has 0 bridgehead atoms. The third kappa shape index (κ3) is 2.87. The number of tetrazole rings is 1. The van der Waals surface area contributed by atoms with E-state index in [0.29, 0.717) is 16.8 Å². The second-order valence-electron chi connectivity index (χ2n) is 6.56. The van der Waals surface area contributed by atoms with E-state index in [-0.39, 0.29) is 12.5 Å². The number of carbonyl (C=O) groups excluding carboxylic acids is 2. The third-order valence-electron chi connectivity index (χ3n) is 4.74. The van der Waals surface area contributed by atoms with Crippen LogP contribution in [-0.2, 0) is 16.9 Å². The van der Waals surface area contributed by atoms with E-state index in [4.69, 9.17) is 5.26 Å². The van der Waals surface area contributed by atoms with Gasteiger partial charge in [0.25, 0.3) is 5.91 Å². The smallest absolute Gasteiger partial charge is 0.319 e. The van der Waals surface area contributed by atoms with Gasteiger partial charge in [-0.25, -0.2) is 9.48 Å². The predicted molar refractivity (Wildman–Crippen MR) is 96.7 cm³/mol. The van der Waals surface area contributed by atoms with Crippen LogP contribution in [0.3, 0.4) is 0 Å². The summed E-state index contributed by atoms with van der Waals surface area (Å²) >= 11 is 0. The van der Waals surface area contributed by atoms with Crippen molar-refractivity contribution in [3.05, 3.63) is 71.5 Å². The molecule has 1 aliphatic rings. The quantitative estimate of drug-likeness (QED) is 0.693. The van der Waals surface area contributed by atoms with E-state index in [1.54, 1.807) is 55.5 Å². The molecule has 138 valence electrons. The van der Waals surface area contributed by atoms with E-state index in [1.807, 2.05) is 6.07 Å². The molecule has 1 N–H and O–H groups in total. The number of benzene rings is 2. The molecule has 1 aromatic heterocycles. The topological polar surface area (TPSA) is 117 Å². The average Bonchev–Trinajstić information content (AvgIpc) is 3.33. The Kier molecular flexibility index (Phi) is 4.08. The number of hydrogen-bond acceptors (Lipinski definition) is 6. The van der Waals surface area contributed by atoms with Gasteiger partial charge in [0.15, 0.2) is 0 Å². The summed E-state index contributed by atoms with van der Waals surface area (Å²) in [5, 5.41) is 22.7. The fourth-order valence-electron chi connectivity index (χ4n) is 3.14. The van der Waals surface area contributed by atoms with Crippen LogP contribution < -0.4 is 5.32 Å². The molecule has 1 aliphatic heterocycles. The maximum absolute atomic E-state index is 13.1. The first kappa shape index (κ1) is 17.4. The Morgan fingerprint density at radius 1 is 1.18 bits per heavy atom.